The number of halogens is 2. The molecule has 0 amide bonds. The van der Waals surface area contributed by atoms with Crippen LogP contribution in [0.1, 0.15) is 23.7 Å². The summed E-state index contributed by atoms with van der Waals surface area (Å²) < 4.78 is 5.91. The molecule has 1 N–H and O–H groups in total. The van der Waals surface area contributed by atoms with E-state index in [1.165, 1.54) is 0 Å². The monoisotopic (exact) mass is 324 g/mol. The van der Waals surface area contributed by atoms with Crippen LogP contribution in [0.4, 0.5) is 0 Å². The molecule has 0 aliphatic rings. The number of pyridine rings is 1. The SMILES string of the molecule is CCNCc1c(C)cc(C)nc1Oc1cc(Cl)ccc1Cl. The molecule has 0 bridgehead atoms. The van der Waals surface area contributed by atoms with Gasteiger partial charge in [0.25, 0.3) is 0 Å². The average molecular weight is 325 g/mol. The number of hydrogen-bond donors (Lipinski definition) is 1. The lowest BCUT2D eigenvalue weighted by Crippen LogP contribution is -2.14. The van der Waals surface area contributed by atoms with Crippen molar-refractivity contribution in [1.82, 2.24) is 10.3 Å². The van der Waals surface area contributed by atoms with Crippen LogP contribution in [-0.2, 0) is 6.54 Å². The summed E-state index contributed by atoms with van der Waals surface area (Å²) in [4.78, 5) is 4.49. The highest BCUT2D eigenvalue weighted by molar-refractivity contribution is 6.34. The Labute approximate surface area is 135 Å². The van der Waals surface area contributed by atoms with Crippen molar-refractivity contribution in [3.05, 3.63) is 51.1 Å². The van der Waals surface area contributed by atoms with Crippen LogP contribution in [0.15, 0.2) is 24.3 Å². The molecule has 0 radical (unpaired) electrons. The topological polar surface area (TPSA) is 34.2 Å². The predicted octanol–water partition coefficient (Wildman–Crippen LogP) is 4.91. The summed E-state index contributed by atoms with van der Waals surface area (Å²) in [5.41, 5.74) is 3.07. The summed E-state index contributed by atoms with van der Waals surface area (Å²) >= 11 is 12.2. The zero-order valence-electron chi connectivity index (χ0n) is 12.3. The Morgan fingerprint density at radius 2 is 1.95 bits per heavy atom. The highest BCUT2D eigenvalue weighted by Crippen LogP contribution is 2.33. The molecule has 0 fully saturated rings. The highest BCUT2D eigenvalue weighted by Gasteiger charge is 2.13. The summed E-state index contributed by atoms with van der Waals surface area (Å²) in [6, 6.07) is 7.18. The zero-order valence-corrected chi connectivity index (χ0v) is 13.8. The van der Waals surface area contributed by atoms with Gasteiger partial charge >= 0.3 is 0 Å². The van der Waals surface area contributed by atoms with Crippen LogP contribution in [0.5, 0.6) is 11.6 Å². The molecule has 2 rings (SSSR count). The van der Waals surface area contributed by atoms with Crippen molar-refractivity contribution < 1.29 is 4.74 Å². The Kier molecular flexibility index (Phi) is 5.45. The Hall–Kier alpha value is -1.29. The van der Waals surface area contributed by atoms with Gasteiger partial charge in [-0.3, -0.25) is 0 Å². The Morgan fingerprint density at radius 1 is 1.19 bits per heavy atom. The number of aryl methyl sites for hydroxylation is 2. The number of ether oxygens (including phenoxy) is 1. The minimum atomic E-state index is 0.509. The van der Waals surface area contributed by atoms with E-state index in [0.29, 0.717) is 28.2 Å². The molecule has 1 heterocycles. The first kappa shape index (κ1) is 16.1. The van der Waals surface area contributed by atoms with Crippen LogP contribution < -0.4 is 10.1 Å². The largest absolute Gasteiger partial charge is 0.437 e. The predicted molar refractivity (Wildman–Crippen MR) is 87.6 cm³/mol. The van der Waals surface area contributed by atoms with Crippen molar-refractivity contribution in [2.75, 3.05) is 6.54 Å². The first-order valence-corrected chi connectivity index (χ1v) is 7.57. The van der Waals surface area contributed by atoms with E-state index in [-0.39, 0.29) is 0 Å². The summed E-state index contributed by atoms with van der Waals surface area (Å²) in [7, 11) is 0. The molecular formula is C16H18Cl2N2O. The van der Waals surface area contributed by atoms with Gasteiger partial charge in [-0.05, 0) is 44.2 Å². The molecule has 3 nitrogen and oxygen atoms in total. The lowest BCUT2D eigenvalue weighted by atomic mass is 10.1. The van der Waals surface area contributed by atoms with Gasteiger partial charge in [0.1, 0.15) is 5.75 Å². The molecule has 0 saturated carbocycles. The number of nitrogens with one attached hydrogen (secondary N) is 1. The molecule has 0 saturated heterocycles. The Bertz CT molecular complexity index is 644. The maximum absolute atomic E-state index is 6.16. The zero-order chi connectivity index (χ0) is 15.4. The molecule has 5 heteroatoms. The minimum absolute atomic E-state index is 0.509. The highest BCUT2D eigenvalue weighted by atomic mass is 35.5. The van der Waals surface area contributed by atoms with Crippen LogP contribution in [0.3, 0.4) is 0 Å². The van der Waals surface area contributed by atoms with Crippen molar-refractivity contribution in [1.29, 1.82) is 0 Å². The molecule has 0 aliphatic carbocycles. The fraction of sp³-hybridized carbons (Fsp3) is 0.312. The van der Waals surface area contributed by atoms with Crippen molar-refractivity contribution in [3.8, 4) is 11.6 Å². The van der Waals surface area contributed by atoms with Crippen molar-refractivity contribution in [2.24, 2.45) is 0 Å². The lowest BCUT2D eigenvalue weighted by Gasteiger charge is -2.15. The van der Waals surface area contributed by atoms with E-state index in [2.05, 4.69) is 17.2 Å². The van der Waals surface area contributed by atoms with E-state index in [0.717, 1.165) is 23.4 Å². The third-order valence-corrected chi connectivity index (χ3v) is 3.64. The van der Waals surface area contributed by atoms with Crippen LogP contribution in [0.2, 0.25) is 10.0 Å². The van der Waals surface area contributed by atoms with E-state index in [9.17, 15) is 0 Å². The molecular weight excluding hydrogens is 307 g/mol. The van der Waals surface area contributed by atoms with Crippen molar-refractivity contribution >= 4 is 23.2 Å². The molecule has 112 valence electrons. The van der Waals surface area contributed by atoms with Gasteiger partial charge < -0.3 is 10.1 Å². The van der Waals surface area contributed by atoms with E-state index in [1.54, 1.807) is 18.2 Å². The van der Waals surface area contributed by atoms with Crippen LogP contribution in [0, 0.1) is 13.8 Å². The molecule has 0 unspecified atom stereocenters. The summed E-state index contributed by atoms with van der Waals surface area (Å²) in [5.74, 6) is 1.08. The molecule has 1 aromatic carbocycles. The van der Waals surface area contributed by atoms with Crippen molar-refractivity contribution in [3.63, 3.8) is 0 Å². The number of nitrogens with zero attached hydrogens (tertiary/aromatic N) is 1. The smallest absolute Gasteiger partial charge is 0.224 e. The van der Waals surface area contributed by atoms with Crippen LogP contribution >= 0.6 is 23.2 Å². The first-order chi connectivity index (χ1) is 10.0. The van der Waals surface area contributed by atoms with Gasteiger partial charge in [0.15, 0.2) is 0 Å². The minimum Gasteiger partial charge on any atom is -0.437 e. The number of rotatable bonds is 5. The maximum atomic E-state index is 6.16. The molecule has 2 aromatic rings. The third-order valence-electron chi connectivity index (χ3n) is 3.09. The van der Waals surface area contributed by atoms with Crippen molar-refractivity contribution in [2.45, 2.75) is 27.3 Å². The average Bonchev–Trinajstić information content (AvgIpc) is 2.42. The van der Waals surface area contributed by atoms with Gasteiger partial charge in [0.05, 0.1) is 5.02 Å². The second-order valence-electron chi connectivity index (χ2n) is 4.82. The maximum Gasteiger partial charge on any atom is 0.224 e. The number of benzene rings is 1. The van der Waals surface area contributed by atoms with Gasteiger partial charge in [0.2, 0.25) is 5.88 Å². The molecule has 0 atom stereocenters. The van der Waals surface area contributed by atoms with Gasteiger partial charge in [-0.2, -0.15) is 0 Å². The van der Waals surface area contributed by atoms with E-state index in [4.69, 9.17) is 27.9 Å². The second kappa shape index (κ2) is 7.12. The summed E-state index contributed by atoms with van der Waals surface area (Å²) in [6.07, 6.45) is 0. The van der Waals surface area contributed by atoms with Gasteiger partial charge in [-0.15, -0.1) is 0 Å². The summed E-state index contributed by atoms with van der Waals surface area (Å²) in [5, 5.41) is 4.38. The fourth-order valence-electron chi connectivity index (χ4n) is 2.04. The number of aromatic nitrogens is 1. The van der Waals surface area contributed by atoms with Gasteiger partial charge in [0, 0.05) is 28.9 Å². The fourth-order valence-corrected chi connectivity index (χ4v) is 2.36. The second-order valence-corrected chi connectivity index (χ2v) is 5.67. The summed E-state index contributed by atoms with van der Waals surface area (Å²) in [6.45, 7) is 7.63. The normalized spacial score (nSPS) is 10.7. The Balaban J connectivity index is 2.40. The third kappa shape index (κ3) is 4.10. The van der Waals surface area contributed by atoms with Crippen LogP contribution in [-0.4, -0.2) is 11.5 Å². The quantitative estimate of drug-likeness (QED) is 0.848. The molecule has 1 aromatic heterocycles. The molecule has 0 aliphatic heterocycles. The van der Waals surface area contributed by atoms with Crippen LogP contribution in [0.25, 0.3) is 0 Å². The van der Waals surface area contributed by atoms with E-state index >= 15 is 0 Å². The number of hydrogen-bond acceptors (Lipinski definition) is 3. The lowest BCUT2D eigenvalue weighted by molar-refractivity contribution is 0.451. The molecule has 0 spiro atoms. The Morgan fingerprint density at radius 3 is 2.67 bits per heavy atom. The standard InChI is InChI=1S/C16H18Cl2N2O/c1-4-19-9-13-10(2)7-11(3)20-16(13)21-15-8-12(17)5-6-14(15)18/h5-8,19H,4,9H2,1-3H3. The van der Waals surface area contributed by atoms with E-state index < -0.39 is 0 Å². The van der Waals surface area contributed by atoms with Gasteiger partial charge in [-0.1, -0.05) is 30.1 Å². The molecule has 21 heavy (non-hydrogen) atoms. The van der Waals surface area contributed by atoms with E-state index in [1.807, 2.05) is 19.9 Å². The first-order valence-electron chi connectivity index (χ1n) is 6.82. The van der Waals surface area contributed by atoms with Gasteiger partial charge in [-0.25, -0.2) is 4.98 Å².